The average molecular weight is 263 g/mol. The molecule has 7 heteroatoms. The van der Waals surface area contributed by atoms with Gasteiger partial charge < -0.3 is 4.74 Å². The summed E-state index contributed by atoms with van der Waals surface area (Å²) < 4.78 is 29.2. The third-order valence-electron chi connectivity index (χ3n) is 2.05. The molecular formula is C9H13NO4S2. The average Bonchev–Trinajstić information content (AvgIpc) is 2.39. The Hall–Kier alpha value is -1.08. The van der Waals surface area contributed by atoms with Crippen LogP contribution in [0.3, 0.4) is 0 Å². The predicted molar refractivity (Wildman–Crippen MR) is 63.6 cm³/mol. The molecule has 1 aromatic rings. The van der Waals surface area contributed by atoms with Crippen LogP contribution >= 0.6 is 11.3 Å². The number of sulfonamides is 1. The highest BCUT2D eigenvalue weighted by Crippen LogP contribution is 2.33. The van der Waals surface area contributed by atoms with Gasteiger partial charge in [-0.25, -0.2) is 13.2 Å². The van der Waals surface area contributed by atoms with E-state index < -0.39 is 16.0 Å². The standard InChI is InChI=1S/C9H13NO4S2/c1-5-6(2)15-8(10-16(4,12)13)7(5)9(11)14-3/h10H,1-4H3. The van der Waals surface area contributed by atoms with Crippen molar-refractivity contribution in [3.8, 4) is 0 Å². The highest BCUT2D eigenvalue weighted by Gasteiger charge is 2.21. The number of aryl methyl sites for hydroxylation is 1. The number of carbonyl (C=O) groups excluding carboxylic acids is 1. The molecule has 1 N–H and O–H groups in total. The van der Waals surface area contributed by atoms with Gasteiger partial charge in [-0.15, -0.1) is 11.3 Å². The van der Waals surface area contributed by atoms with Crippen molar-refractivity contribution in [2.24, 2.45) is 0 Å². The van der Waals surface area contributed by atoms with Crippen molar-refractivity contribution in [1.82, 2.24) is 0 Å². The first-order chi connectivity index (χ1) is 7.26. The molecule has 0 unspecified atom stereocenters. The van der Waals surface area contributed by atoms with E-state index in [1.54, 1.807) is 6.92 Å². The fourth-order valence-electron chi connectivity index (χ4n) is 1.22. The second kappa shape index (κ2) is 4.42. The third kappa shape index (κ3) is 2.73. The Bertz CT molecular complexity index is 516. The summed E-state index contributed by atoms with van der Waals surface area (Å²) in [6, 6.07) is 0. The van der Waals surface area contributed by atoms with E-state index in [1.165, 1.54) is 18.4 Å². The highest BCUT2D eigenvalue weighted by molar-refractivity contribution is 7.92. The molecule has 0 spiro atoms. The summed E-state index contributed by atoms with van der Waals surface area (Å²) in [6.45, 7) is 3.57. The summed E-state index contributed by atoms with van der Waals surface area (Å²) >= 11 is 1.22. The fraction of sp³-hybridized carbons (Fsp3) is 0.444. The quantitative estimate of drug-likeness (QED) is 0.839. The van der Waals surface area contributed by atoms with Gasteiger partial charge in [-0.3, -0.25) is 4.72 Å². The first-order valence-corrected chi connectivity index (χ1v) is 7.13. The van der Waals surface area contributed by atoms with Crippen LogP contribution in [0, 0.1) is 13.8 Å². The van der Waals surface area contributed by atoms with Gasteiger partial charge in [-0.2, -0.15) is 0 Å². The number of hydrogen-bond donors (Lipinski definition) is 1. The van der Waals surface area contributed by atoms with Crippen molar-refractivity contribution in [3.63, 3.8) is 0 Å². The molecular weight excluding hydrogens is 250 g/mol. The lowest BCUT2D eigenvalue weighted by atomic mass is 10.2. The lowest BCUT2D eigenvalue weighted by molar-refractivity contribution is 0.0601. The molecule has 0 fully saturated rings. The van der Waals surface area contributed by atoms with E-state index in [9.17, 15) is 13.2 Å². The molecule has 5 nitrogen and oxygen atoms in total. The minimum absolute atomic E-state index is 0.287. The van der Waals surface area contributed by atoms with Crippen LogP contribution < -0.4 is 4.72 Å². The first kappa shape index (κ1) is 13.0. The van der Waals surface area contributed by atoms with E-state index in [0.29, 0.717) is 5.00 Å². The SMILES string of the molecule is COC(=O)c1c(NS(C)(=O)=O)sc(C)c1C. The molecule has 0 saturated heterocycles. The topological polar surface area (TPSA) is 72.5 Å². The second-order valence-electron chi connectivity index (χ2n) is 3.35. The maximum atomic E-state index is 11.5. The van der Waals surface area contributed by atoms with Crippen molar-refractivity contribution in [2.75, 3.05) is 18.1 Å². The largest absolute Gasteiger partial charge is 0.465 e. The van der Waals surface area contributed by atoms with Crippen molar-refractivity contribution < 1.29 is 17.9 Å². The molecule has 90 valence electrons. The second-order valence-corrected chi connectivity index (χ2v) is 6.33. The molecule has 0 aliphatic heterocycles. The Morgan fingerprint density at radius 3 is 2.38 bits per heavy atom. The van der Waals surface area contributed by atoms with Crippen molar-refractivity contribution >= 4 is 32.3 Å². The van der Waals surface area contributed by atoms with Gasteiger partial charge in [0.15, 0.2) is 0 Å². The number of anilines is 1. The first-order valence-electron chi connectivity index (χ1n) is 4.42. The van der Waals surface area contributed by atoms with E-state index in [4.69, 9.17) is 0 Å². The van der Waals surface area contributed by atoms with Crippen LogP contribution in [0.5, 0.6) is 0 Å². The minimum Gasteiger partial charge on any atom is -0.465 e. The molecule has 0 saturated carbocycles. The smallest absolute Gasteiger partial charge is 0.341 e. The lowest BCUT2D eigenvalue weighted by Crippen LogP contribution is -2.12. The summed E-state index contributed by atoms with van der Waals surface area (Å²) in [5.74, 6) is -0.534. The van der Waals surface area contributed by atoms with Crippen LogP contribution in [0.25, 0.3) is 0 Å². The van der Waals surface area contributed by atoms with Gasteiger partial charge >= 0.3 is 5.97 Å². The maximum absolute atomic E-state index is 11.5. The zero-order chi connectivity index (χ0) is 12.5. The summed E-state index contributed by atoms with van der Waals surface area (Å²) in [4.78, 5) is 12.4. The van der Waals surface area contributed by atoms with Crippen molar-refractivity contribution in [1.29, 1.82) is 0 Å². The number of esters is 1. The van der Waals surface area contributed by atoms with Gasteiger partial charge in [0.05, 0.1) is 18.9 Å². The Labute approximate surface area is 98.5 Å². The molecule has 1 heterocycles. The molecule has 0 aliphatic carbocycles. The van der Waals surface area contributed by atoms with E-state index in [1.807, 2.05) is 6.92 Å². The van der Waals surface area contributed by atoms with E-state index in [-0.39, 0.29) is 5.56 Å². The zero-order valence-corrected chi connectivity index (χ0v) is 11.1. The Morgan fingerprint density at radius 1 is 1.38 bits per heavy atom. The van der Waals surface area contributed by atoms with Crippen LogP contribution in [-0.2, 0) is 14.8 Å². The molecule has 0 atom stereocenters. The predicted octanol–water partition coefficient (Wildman–Crippen LogP) is 1.52. The van der Waals surface area contributed by atoms with Crippen LogP contribution in [0.1, 0.15) is 20.8 Å². The highest BCUT2D eigenvalue weighted by atomic mass is 32.2. The number of nitrogens with one attached hydrogen (secondary N) is 1. The molecule has 16 heavy (non-hydrogen) atoms. The van der Waals surface area contributed by atoms with E-state index in [2.05, 4.69) is 9.46 Å². The van der Waals surface area contributed by atoms with Crippen LogP contribution in [0.4, 0.5) is 5.00 Å². The van der Waals surface area contributed by atoms with Gasteiger partial charge in [0.25, 0.3) is 0 Å². The molecule has 1 rings (SSSR count). The van der Waals surface area contributed by atoms with Gasteiger partial charge in [-0.1, -0.05) is 0 Å². The van der Waals surface area contributed by atoms with Gasteiger partial charge in [-0.05, 0) is 19.4 Å². The lowest BCUT2D eigenvalue weighted by Gasteiger charge is -2.04. The normalized spacial score (nSPS) is 11.2. The zero-order valence-electron chi connectivity index (χ0n) is 9.45. The Morgan fingerprint density at radius 2 is 1.94 bits per heavy atom. The molecule has 0 amide bonds. The molecule has 0 aromatic carbocycles. The van der Waals surface area contributed by atoms with Gasteiger partial charge in [0, 0.05) is 4.88 Å². The van der Waals surface area contributed by atoms with E-state index in [0.717, 1.165) is 16.7 Å². The number of rotatable bonds is 3. The molecule has 0 radical (unpaired) electrons. The van der Waals surface area contributed by atoms with Crippen LogP contribution in [-0.4, -0.2) is 27.8 Å². The minimum atomic E-state index is -3.39. The van der Waals surface area contributed by atoms with Crippen LogP contribution in [0.15, 0.2) is 0 Å². The van der Waals surface area contributed by atoms with Crippen molar-refractivity contribution in [2.45, 2.75) is 13.8 Å². The number of methoxy groups -OCH3 is 1. The number of carbonyl (C=O) groups is 1. The van der Waals surface area contributed by atoms with Gasteiger partial charge in [0.1, 0.15) is 5.00 Å². The Kier molecular flexibility index (Phi) is 3.59. The maximum Gasteiger partial charge on any atom is 0.341 e. The van der Waals surface area contributed by atoms with E-state index >= 15 is 0 Å². The number of thiophene rings is 1. The Balaban J connectivity index is 3.29. The van der Waals surface area contributed by atoms with Gasteiger partial charge in [0.2, 0.25) is 10.0 Å². The fourth-order valence-corrected chi connectivity index (χ4v) is 3.17. The summed E-state index contributed by atoms with van der Waals surface area (Å²) in [5.41, 5.74) is 1.03. The van der Waals surface area contributed by atoms with Crippen molar-refractivity contribution in [3.05, 3.63) is 16.0 Å². The molecule has 0 aliphatic rings. The third-order valence-corrected chi connectivity index (χ3v) is 3.88. The number of hydrogen-bond acceptors (Lipinski definition) is 5. The summed E-state index contributed by atoms with van der Waals surface area (Å²) in [6.07, 6.45) is 1.04. The molecule has 0 bridgehead atoms. The molecule has 1 aromatic heterocycles. The summed E-state index contributed by atoms with van der Waals surface area (Å²) in [5, 5.41) is 0.310. The number of ether oxygens (including phenoxy) is 1. The van der Waals surface area contributed by atoms with Crippen LogP contribution in [0.2, 0.25) is 0 Å². The summed E-state index contributed by atoms with van der Waals surface area (Å²) in [7, 11) is -2.13. The monoisotopic (exact) mass is 263 g/mol.